The van der Waals surface area contributed by atoms with E-state index >= 15 is 9.18 Å². The summed E-state index contributed by atoms with van der Waals surface area (Å²) in [5, 5.41) is 0.281. The standard InChI is InChI=1S/C37H37ClFN7O4/c1-9-25(47)44-16-24-35(48)42(7)34-32(45(24)15-20(44)6)21-14-22(39)27(26-18(4)10-11-23-33(26)43(8)37(50)41-23)28(38)31(21)46(36(34)49)30-19(5)12-13-40-29(30)17(2)3/h9-14,17,20,24H,1,15-16H2,2-8H3,(H,41,50). The van der Waals surface area contributed by atoms with Crippen LogP contribution in [0.5, 0.6) is 0 Å². The molecule has 5 aromatic rings. The van der Waals surface area contributed by atoms with Gasteiger partial charge in [0.1, 0.15) is 17.5 Å². The van der Waals surface area contributed by atoms with Crippen molar-refractivity contribution in [2.45, 2.75) is 52.6 Å². The first-order valence-corrected chi connectivity index (χ1v) is 16.8. The molecule has 13 heteroatoms. The van der Waals surface area contributed by atoms with E-state index in [-0.39, 0.29) is 64.3 Å². The van der Waals surface area contributed by atoms with E-state index in [0.29, 0.717) is 44.6 Å². The number of amides is 2. The minimum Gasteiger partial charge on any atom is -0.354 e. The van der Waals surface area contributed by atoms with Crippen LogP contribution < -0.4 is 21.0 Å². The second-order valence-electron chi connectivity index (χ2n) is 13.5. The molecule has 2 amide bonds. The molecule has 2 atom stereocenters. The highest BCUT2D eigenvalue weighted by Crippen LogP contribution is 2.48. The van der Waals surface area contributed by atoms with E-state index in [1.54, 1.807) is 41.2 Å². The molecular formula is C37H37ClFN7O4. The van der Waals surface area contributed by atoms with Crippen molar-refractivity contribution < 1.29 is 14.0 Å². The summed E-state index contributed by atoms with van der Waals surface area (Å²) < 4.78 is 19.9. The number of halogens is 2. The second-order valence-corrected chi connectivity index (χ2v) is 13.9. The number of carbonyl (C=O) groups is 2. The zero-order valence-electron chi connectivity index (χ0n) is 28.9. The van der Waals surface area contributed by atoms with Crippen molar-refractivity contribution in [2.75, 3.05) is 29.9 Å². The van der Waals surface area contributed by atoms with Crippen LogP contribution in [0.3, 0.4) is 0 Å². The summed E-state index contributed by atoms with van der Waals surface area (Å²) in [6.45, 7) is 13.3. The van der Waals surface area contributed by atoms with Gasteiger partial charge in [0.15, 0.2) is 0 Å². The number of nitrogens with one attached hydrogen (secondary N) is 1. The van der Waals surface area contributed by atoms with Gasteiger partial charge in [0.2, 0.25) is 5.91 Å². The molecule has 2 aliphatic rings. The molecule has 0 aliphatic carbocycles. The van der Waals surface area contributed by atoms with E-state index < -0.39 is 17.4 Å². The van der Waals surface area contributed by atoms with Crippen molar-refractivity contribution in [3.05, 3.63) is 91.6 Å². The maximum absolute atomic E-state index is 17.0. The number of rotatable bonds is 4. The van der Waals surface area contributed by atoms with Gasteiger partial charge in [-0.05, 0) is 62.1 Å². The normalized spacial score (nSPS) is 17.6. The van der Waals surface area contributed by atoms with Gasteiger partial charge < -0.3 is 19.7 Å². The van der Waals surface area contributed by atoms with E-state index in [1.807, 2.05) is 34.6 Å². The van der Waals surface area contributed by atoms with Gasteiger partial charge in [-0.3, -0.25) is 28.5 Å². The van der Waals surface area contributed by atoms with E-state index in [1.165, 1.54) is 33.2 Å². The molecule has 0 bridgehead atoms. The number of hydrogen-bond acceptors (Lipinski definition) is 6. The van der Waals surface area contributed by atoms with Crippen LogP contribution in [0, 0.1) is 19.7 Å². The average molecular weight is 698 g/mol. The second kappa shape index (κ2) is 11.7. The number of likely N-dealkylation sites (N-methyl/N-ethyl adjacent to an activating group) is 1. The van der Waals surface area contributed by atoms with E-state index in [4.69, 9.17) is 11.6 Å². The van der Waals surface area contributed by atoms with E-state index in [0.717, 1.165) is 5.56 Å². The summed E-state index contributed by atoms with van der Waals surface area (Å²) in [7, 11) is 3.12. The Balaban J connectivity index is 1.67. The SMILES string of the molecule is C=CC(=O)N1CC2C(=O)N(C)c3c(c4cc(F)c(-c5c(C)ccc6[nH]c(=O)n(C)c56)c(Cl)c4n(-c4c(C)ccnc4C(C)C)c3=O)N2CC1C. The lowest BCUT2D eigenvalue weighted by atomic mass is 9.93. The third-order valence-electron chi connectivity index (χ3n) is 10.2. The van der Waals surface area contributed by atoms with Crippen LogP contribution in [0.2, 0.25) is 5.02 Å². The van der Waals surface area contributed by atoms with Crippen molar-refractivity contribution in [2.24, 2.45) is 7.05 Å². The number of hydrogen-bond donors (Lipinski definition) is 1. The molecule has 3 aromatic heterocycles. The Morgan fingerprint density at radius 3 is 2.44 bits per heavy atom. The fourth-order valence-corrected chi connectivity index (χ4v) is 8.09. The number of nitrogens with zero attached hydrogens (tertiary/aromatic N) is 6. The molecule has 0 radical (unpaired) electrons. The van der Waals surface area contributed by atoms with Crippen molar-refractivity contribution >= 4 is 56.7 Å². The van der Waals surface area contributed by atoms with Crippen LogP contribution >= 0.6 is 11.6 Å². The largest absolute Gasteiger partial charge is 0.354 e. The third-order valence-corrected chi connectivity index (χ3v) is 10.5. The van der Waals surface area contributed by atoms with E-state index in [2.05, 4.69) is 16.5 Å². The molecule has 50 heavy (non-hydrogen) atoms. The van der Waals surface area contributed by atoms with Crippen LogP contribution in [0.25, 0.3) is 38.8 Å². The minimum atomic E-state index is -0.843. The molecule has 7 rings (SSSR count). The monoisotopic (exact) mass is 697 g/mol. The first-order valence-electron chi connectivity index (χ1n) is 16.4. The third kappa shape index (κ3) is 4.57. The number of piperazine rings is 1. The zero-order chi connectivity index (χ0) is 36.1. The number of carbonyl (C=O) groups excluding carboxylic acids is 2. The molecule has 0 saturated carbocycles. The van der Waals surface area contributed by atoms with Crippen molar-refractivity contribution in [1.29, 1.82) is 0 Å². The highest BCUT2D eigenvalue weighted by atomic mass is 35.5. The first kappa shape index (κ1) is 33.3. The summed E-state index contributed by atoms with van der Waals surface area (Å²) in [5.74, 6) is -1.47. The fraction of sp³-hybridized carbons (Fsp3) is 0.324. The van der Waals surface area contributed by atoms with Crippen LogP contribution in [-0.2, 0) is 16.6 Å². The van der Waals surface area contributed by atoms with Crippen molar-refractivity contribution in [1.82, 2.24) is 24.0 Å². The molecule has 11 nitrogen and oxygen atoms in total. The number of aryl methyl sites for hydroxylation is 3. The van der Waals surface area contributed by atoms with Gasteiger partial charge in [0.05, 0.1) is 45.2 Å². The highest BCUT2D eigenvalue weighted by Gasteiger charge is 2.46. The maximum Gasteiger partial charge on any atom is 0.326 e. The van der Waals surface area contributed by atoms with Crippen molar-refractivity contribution in [3.8, 4) is 16.8 Å². The molecule has 2 aliphatic heterocycles. The zero-order valence-corrected chi connectivity index (χ0v) is 29.6. The topological polar surface area (TPSA) is 117 Å². The molecule has 1 N–H and O–H groups in total. The lowest BCUT2D eigenvalue weighted by Gasteiger charge is -2.50. The van der Waals surface area contributed by atoms with Crippen LogP contribution in [0.4, 0.5) is 15.8 Å². The van der Waals surface area contributed by atoms with Gasteiger partial charge in [0, 0.05) is 49.4 Å². The average Bonchev–Trinajstić information content (AvgIpc) is 3.36. The van der Waals surface area contributed by atoms with Gasteiger partial charge >= 0.3 is 5.69 Å². The summed E-state index contributed by atoms with van der Waals surface area (Å²) in [4.78, 5) is 66.9. The molecule has 2 unspecified atom stereocenters. The summed E-state index contributed by atoms with van der Waals surface area (Å²) in [6.07, 6.45) is 2.89. The van der Waals surface area contributed by atoms with Crippen molar-refractivity contribution in [3.63, 3.8) is 0 Å². The molecular weight excluding hydrogens is 661 g/mol. The molecule has 2 aromatic carbocycles. The summed E-state index contributed by atoms with van der Waals surface area (Å²) >= 11 is 7.44. The van der Waals surface area contributed by atoms with E-state index in [9.17, 15) is 14.4 Å². The molecule has 0 spiro atoms. The van der Waals surface area contributed by atoms with Crippen LogP contribution in [-0.4, -0.2) is 68.0 Å². The molecule has 5 heterocycles. The van der Waals surface area contributed by atoms with Gasteiger partial charge in [-0.25, -0.2) is 9.18 Å². The number of benzene rings is 2. The number of aromatic nitrogens is 4. The van der Waals surface area contributed by atoms with Crippen LogP contribution in [0.15, 0.2) is 52.7 Å². The predicted octanol–water partition coefficient (Wildman–Crippen LogP) is 5.33. The quantitative estimate of drug-likeness (QED) is 0.254. The Labute approximate surface area is 292 Å². The van der Waals surface area contributed by atoms with Gasteiger partial charge in [0.25, 0.3) is 11.5 Å². The Kier molecular flexibility index (Phi) is 7.78. The highest BCUT2D eigenvalue weighted by molar-refractivity contribution is 6.39. The number of pyridine rings is 2. The Morgan fingerprint density at radius 1 is 1.04 bits per heavy atom. The predicted molar refractivity (Wildman–Crippen MR) is 194 cm³/mol. The van der Waals surface area contributed by atoms with Crippen LogP contribution in [0.1, 0.15) is 43.5 Å². The molecule has 1 saturated heterocycles. The minimum absolute atomic E-state index is 0.0316. The van der Waals surface area contributed by atoms with Gasteiger partial charge in [-0.15, -0.1) is 0 Å². The van der Waals surface area contributed by atoms with Gasteiger partial charge in [-0.1, -0.05) is 38.1 Å². The molecule has 258 valence electrons. The summed E-state index contributed by atoms with van der Waals surface area (Å²) in [6, 6.07) is 5.49. The first-order chi connectivity index (χ1) is 23.7. The van der Waals surface area contributed by atoms with Gasteiger partial charge in [-0.2, -0.15) is 0 Å². The number of H-pyrrole nitrogens is 1. The maximum atomic E-state index is 17.0. The number of aromatic amines is 1. The smallest absolute Gasteiger partial charge is 0.326 e. The number of anilines is 2. The lowest BCUT2D eigenvalue weighted by Crippen LogP contribution is -2.66. The number of imidazole rings is 1. The lowest BCUT2D eigenvalue weighted by molar-refractivity contribution is -0.130. The fourth-order valence-electron chi connectivity index (χ4n) is 7.71. The Hall–Kier alpha value is -5.23. The Bertz CT molecular complexity index is 2450. The molecule has 1 fully saturated rings. The Morgan fingerprint density at radius 2 is 1.76 bits per heavy atom. The number of fused-ring (bicyclic) bond motifs is 6. The summed E-state index contributed by atoms with van der Waals surface area (Å²) in [5.41, 5.74) is 3.68.